The van der Waals surface area contributed by atoms with Crippen molar-refractivity contribution in [2.75, 3.05) is 6.26 Å². The largest absolute Gasteiger partial charge is 0.351 e. The molecular weight excluding hydrogens is 222 g/mol. The molecule has 1 heterocycles. The fourth-order valence-corrected chi connectivity index (χ4v) is 2.26. The molecule has 84 valence electrons. The Hall–Kier alpha value is -1.55. The van der Waals surface area contributed by atoms with Crippen LogP contribution in [-0.4, -0.2) is 19.2 Å². The molecule has 4 heteroatoms. The summed E-state index contributed by atoms with van der Waals surface area (Å²) in [5, 5.41) is 0. The second kappa shape index (κ2) is 3.79. The van der Waals surface area contributed by atoms with E-state index in [1.54, 1.807) is 12.1 Å². The van der Waals surface area contributed by atoms with Crippen LogP contribution >= 0.6 is 0 Å². The predicted molar refractivity (Wildman–Crippen MR) is 64.0 cm³/mol. The molecule has 0 aliphatic rings. The van der Waals surface area contributed by atoms with Gasteiger partial charge in [0, 0.05) is 25.2 Å². The number of hydrogen-bond acceptors (Lipinski definition) is 2. The van der Waals surface area contributed by atoms with Crippen molar-refractivity contribution in [3.63, 3.8) is 0 Å². The Labute approximate surface area is 95.3 Å². The lowest BCUT2D eigenvalue weighted by Gasteiger charge is -2.04. The molecule has 16 heavy (non-hydrogen) atoms. The van der Waals surface area contributed by atoms with E-state index in [0.29, 0.717) is 4.90 Å². The van der Waals surface area contributed by atoms with Gasteiger partial charge in [-0.15, -0.1) is 0 Å². The van der Waals surface area contributed by atoms with Crippen LogP contribution in [0.15, 0.2) is 47.5 Å². The molecule has 1 aromatic carbocycles. The van der Waals surface area contributed by atoms with E-state index >= 15 is 0 Å². The number of hydrogen-bond donors (Lipinski definition) is 0. The Morgan fingerprint density at radius 3 is 2.12 bits per heavy atom. The van der Waals surface area contributed by atoms with Crippen LogP contribution in [0.1, 0.15) is 0 Å². The van der Waals surface area contributed by atoms with E-state index in [0.717, 1.165) is 11.3 Å². The highest BCUT2D eigenvalue weighted by molar-refractivity contribution is 7.90. The summed E-state index contributed by atoms with van der Waals surface area (Å²) in [6.45, 7) is 0. The Bertz CT molecular complexity index is 594. The summed E-state index contributed by atoms with van der Waals surface area (Å²) in [6.07, 6.45) is 3.17. The van der Waals surface area contributed by atoms with E-state index in [4.69, 9.17) is 0 Å². The lowest BCUT2D eigenvalue weighted by molar-refractivity contribution is 0.602. The molecule has 0 aliphatic heterocycles. The minimum atomic E-state index is -3.11. The third-order valence-corrected chi connectivity index (χ3v) is 3.65. The number of aryl methyl sites for hydroxylation is 1. The van der Waals surface area contributed by atoms with Crippen molar-refractivity contribution >= 4 is 9.84 Å². The van der Waals surface area contributed by atoms with Gasteiger partial charge in [-0.1, -0.05) is 12.1 Å². The minimum absolute atomic E-state index is 0.352. The first-order valence-electron chi connectivity index (χ1n) is 4.90. The molecule has 0 radical (unpaired) electrons. The molecule has 0 unspecified atom stereocenters. The average molecular weight is 235 g/mol. The summed E-state index contributed by atoms with van der Waals surface area (Å²) in [4.78, 5) is 0.352. The molecule has 0 aliphatic carbocycles. The molecule has 3 nitrogen and oxygen atoms in total. The van der Waals surface area contributed by atoms with Crippen LogP contribution in [0.4, 0.5) is 0 Å². The molecule has 0 bridgehead atoms. The van der Waals surface area contributed by atoms with Crippen molar-refractivity contribution in [3.05, 3.63) is 42.6 Å². The average Bonchev–Trinajstić information content (AvgIpc) is 2.63. The van der Waals surface area contributed by atoms with E-state index in [2.05, 4.69) is 0 Å². The smallest absolute Gasteiger partial charge is 0.175 e. The Balaban J connectivity index is 2.45. The van der Waals surface area contributed by atoms with Crippen molar-refractivity contribution in [3.8, 4) is 11.3 Å². The zero-order valence-electron chi connectivity index (χ0n) is 9.21. The van der Waals surface area contributed by atoms with E-state index in [1.165, 1.54) is 6.26 Å². The summed E-state index contributed by atoms with van der Waals surface area (Å²) in [5.41, 5.74) is 2.08. The van der Waals surface area contributed by atoms with Gasteiger partial charge in [0.2, 0.25) is 0 Å². The first-order chi connectivity index (χ1) is 7.48. The second-order valence-corrected chi connectivity index (χ2v) is 5.82. The quantitative estimate of drug-likeness (QED) is 0.799. The fourth-order valence-electron chi connectivity index (χ4n) is 1.63. The molecule has 2 aromatic rings. The molecular formula is C12H13NO2S. The van der Waals surface area contributed by atoms with Crippen molar-refractivity contribution in [2.24, 2.45) is 7.05 Å². The number of nitrogens with zero attached hydrogens (tertiary/aromatic N) is 1. The maximum Gasteiger partial charge on any atom is 0.175 e. The Morgan fingerprint density at radius 1 is 1.06 bits per heavy atom. The highest BCUT2D eigenvalue weighted by atomic mass is 32.2. The molecule has 0 atom stereocenters. The third kappa shape index (κ3) is 2.02. The number of benzene rings is 1. The van der Waals surface area contributed by atoms with Crippen molar-refractivity contribution in [1.29, 1.82) is 0 Å². The molecule has 0 N–H and O–H groups in total. The minimum Gasteiger partial charge on any atom is -0.351 e. The zero-order valence-corrected chi connectivity index (χ0v) is 10.0. The molecule has 0 fully saturated rings. The summed E-state index contributed by atoms with van der Waals surface area (Å²) < 4.78 is 24.6. The number of sulfone groups is 1. The van der Waals surface area contributed by atoms with Crippen LogP contribution in [0.5, 0.6) is 0 Å². The Morgan fingerprint density at radius 2 is 1.69 bits per heavy atom. The van der Waals surface area contributed by atoms with Crippen LogP contribution in [0.3, 0.4) is 0 Å². The highest BCUT2D eigenvalue weighted by Crippen LogP contribution is 2.21. The predicted octanol–water partition coefficient (Wildman–Crippen LogP) is 2.10. The van der Waals surface area contributed by atoms with Gasteiger partial charge < -0.3 is 4.57 Å². The van der Waals surface area contributed by atoms with Gasteiger partial charge in [-0.3, -0.25) is 0 Å². The van der Waals surface area contributed by atoms with Gasteiger partial charge in [0.15, 0.2) is 9.84 Å². The molecule has 0 saturated heterocycles. The normalized spacial score (nSPS) is 11.6. The zero-order chi connectivity index (χ0) is 11.8. The Kier molecular flexibility index (Phi) is 2.59. The van der Waals surface area contributed by atoms with E-state index in [-0.39, 0.29) is 0 Å². The lowest BCUT2D eigenvalue weighted by atomic mass is 10.1. The van der Waals surface area contributed by atoms with Crippen molar-refractivity contribution in [2.45, 2.75) is 4.90 Å². The first-order valence-corrected chi connectivity index (χ1v) is 6.79. The molecule has 0 amide bonds. The monoisotopic (exact) mass is 235 g/mol. The summed E-state index contributed by atoms with van der Waals surface area (Å²) in [6, 6.07) is 10.9. The first kappa shape index (κ1) is 11.0. The van der Waals surface area contributed by atoms with Gasteiger partial charge in [0.25, 0.3) is 0 Å². The topological polar surface area (TPSA) is 39.1 Å². The third-order valence-electron chi connectivity index (χ3n) is 2.52. The summed E-state index contributed by atoms with van der Waals surface area (Å²) in [7, 11) is -1.15. The van der Waals surface area contributed by atoms with Crippen molar-refractivity contribution in [1.82, 2.24) is 4.57 Å². The van der Waals surface area contributed by atoms with E-state index < -0.39 is 9.84 Å². The maximum absolute atomic E-state index is 11.3. The number of aromatic nitrogens is 1. The van der Waals surface area contributed by atoms with E-state index in [1.807, 2.05) is 42.1 Å². The molecule has 2 rings (SSSR count). The van der Waals surface area contributed by atoms with Crippen LogP contribution in [0.2, 0.25) is 0 Å². The summed E-state index contributed by atoms with van der Waals surface area (Å²) in [5.74, 6) is 0. The summed E-state index contributed by atoms with van der Waals surface area (Å²) >= 11 is 0. The van der Waals surface area contributed by atoms with Crippen LogP contribution in [0.25, 0.3) is 11.3 Å². The van der Waals surface area contributed by atoms with Crippen molar-refractivity contribution < 1.29 is 8.42 Å². The van der Waals surface area contributed by atoms with Crippen LogP contribution < -0.4 is 0 Å². The molecule has 0 spiro atoms. The molecule has 0 saturated carbocycles. The van der Waals surface area contributed by atoms with Crippen LogP contribution in [-0.2, 0) is 16.9 Å². The van der Waals surface area contributed by atoms with Gasteiger partial charge in [0.05, 0.1) is 4.90 Å². The van der Waals surface area contributed by atoms with Gasteiger partial charge in [0.1, 0.15) is 0 Å². The van der Waals surface area contributed by atoms with Crippen LogP contribution in [0, 0.1) is 0 Å². The number of rotatable bonds is 2. The highest BCUT2D eigenvalue weighted by Gasteiger charge is 2.07. The van der Waals surface area contributed by atoms with E-state index in [9.17, 15) is 8.42 Å². The van der Waals surface area contributed by atoms with Gasteiger partial charge in [-0.2, -0.15) is 0 Å². The lowest BCUT2D eigenvalue weighted by Crippen LogP contribution is -1.96. The molecule has 1 aromatic heterocycles. The van der Waals surface area contributed by atoms with Gasteiger partial charge in [-0.05, 0) is 29.8 Å². The van der Waals surface area contributed by atoms with Gasteiger partial charge in [-0.25, -0.2) is 8.42 Å². The second-order valence-electron chi connectivity index (χ2n) is 3.80. The fraction of sp³-hybridized carbons (Fsp3) is 0.167. The van der Waals surface area contributed by atoms with Gasteiger partial charge >= 0.3 is 0 Å². The maximum atomic E-state index is 11.3. The standard InChI is InChI=1S/C12H13NO2S/c1-13-9-3-4-12(13)10-5-7-11(8-6-10)16(2,14)15/h3-9H,1-2H3. The SMILES string of the molecule is Cn1cccc1-c1ccc(S(C)(=O)=O)cc1.